The van der Waals surface area contributed by atoms with E-state index >= 15 is 0 Å². The number of aryl methyl sites for hydroxylation is 2. The Labute approximate surface area is 176 Å². The zero-order valence-corrected chi connectivity index (χ0v) is 17.5. The summed E-state index contributed by atoms with van der Waals surface area (Å²) in [5, 5.41) is 4.51. The van der Waals surface area contributed by atoms with Gasteiger partial charge in [0.2, 0.25) is 0 Å². The molecule has 0 aliphatic carbocycles. The average molecular weight is 407 g/mol. The van der Waals surface area contributed by atoms with Crippen molar-refractivity contribution in [2.24, 2.45) is 0 Å². The maximum Gasteiger partial charge on any atom is 0.253 e. The largest absolute Gasteiger partial charge is 0.336 e. The molecule has 0 spiro atoms. The van der Waals surface area contributed by atoms with Crippen LogP contribution in [0, 0.1) is 19.7 Å². The lowest BCUT2D eigenvalue weighted by molar-refractivity contribution is 0.0628. The molecule has 156 valence electrons. The Hall–Kier alpha value is -2.99. The lowest BCUT2D eigenvalue weighted by atomic mass is 10.1. The van der Waals surface area contributed by atoms with Gasteiger partial charge in [0, 0.05) is 44.0 Å². The van der Waals surface area contributed by atoms with Crippen molar-refractivity contribution in [3.05, 3.63) is 88.5 Å². The van der Waals surface area contributed by atoms with Gasteiger partial charge in [-0.1, -0.05) is 24.3 Å². The summed E-state index contributed by atoms with van der Waals surface area (Å²) in [5.74, 6) is -0.141. The van der Waals surface area contributed by atoms with E-state index in [9.17, 15) is 9.18 Å². The van der Waals surface area contributed by atoms with E-state index in [1.807, 2.05) is 53.8 Å². The van der Waals surface area contributed by atoms with Gasteiger partial charge < -0.3 is 4.90 Å². The van der Waals surface area contributed by atoms with Crippen molar-refractivity contribution >= 4 is 5.91 Å². The van der Waals surface area contributed by atoms with Crippen LogP contribution in [0.1, 0.15) is 32.9 Å². The number of halogens is 1. The number of benzene rings is 2. The fourth-order valence-corrected chi connectivity index (χ4v) is 4.00. The highest BCUT2D eigenvalue weighted by Crippen LogP contribution is 2.15. The molecule has 1 saturated heterocycles. The normalized spacial score (nSPS) is 14.8. The quantitative estimate of drug-likeness (QED) is 0.650. The van der Waals surface area contributed by atoms with E-state index in [1.54, 1.807) is 12.1 Å². The van der Waals surface area contributed by atoms with Crippen LogP contribution in [0.3, 0.4) is 0 Å². The predicted octanol–water partition coefficient (Wildman–Crippen LogP) is 3.65. The minimum Gasteiger partial charge on any atom is -0.336 e. The molecule has 0 radical (unpaired) electrons. The van der Waals surface area contributed by atoms with Gasteiger partial charge >= 0.3 is 0 Å². The Bertz CT molecular complexity index is 1040. The van der Waals surface area contributed by atoms with E-state index in [-0.39, 0.29) is 11.7 Å². The smallest absolute Gasteiger partial charge is 0.253 e. The standard InChI is InChI=1S/C24H27FN4O/c1-18-13-19(2)29(26-18)17-20-5-3-7-22(14-20)24(30)28-11-9-27(10-12-28)16-21-6-4-8-23(25)15-21/h3-8,13-15H,9-12,16-17H2,1-2H3. The number of hydrogen-bond acceptors (Lipinski definition) is 3. The zero-order chi connectivity index (χ0) is 21.1. The Morgan fingerprint density at radius 3 is 2.30 bits per heavy atom. The highest BCUT2D eigenvalue weighted by molar-refractivity contribution is 5.94. The van der Waals surface area contributed by atoms with Crippen LogP contribution in [0.2, 0.25) is 0 Å². The number of rotatable bonds is 5. The third kappa shape index (κ3) is 4.76. The molecule has 0 bridgehead atoms. The number of carbonyl (C=O) groups excluding carboxylic acids is 1. The molecule has 2 aromatic carbocycles. The summed E-state index contributed by atoms with van der Waals surface area (Å²) in [5.41, 5.74) is 4.85. The molecule has 0 saturated carbocycles. The first-order valence-electron chi connectivity index (χ1n) is 10.3. The fourth-order valence-electron chi connectivity index (χ4n) is 4.00. The molecule has 5 nitrogen and oxygen atoms in total. The summed E-state index contributed by atoms with van der Waals surface area (Å²) in [4.78, 5) is 17.2. The highest BCUT2D eigenvalue weighted by atomic mass is 19.1. The SMILES string of the molecule is Cc1cc(C)n(Cc2cccc(C(=O)N3CCN(Cc4cccc(F)c4)CC3)c2)n1. The summed E-state index contributed by atoms with van der Waals surface area (Å²) in [6.45, 7) is 8.31. The Balaban J connectivity index is 1.36. The third-order valence-electron chi connectivity index (χ3n) is 5.56. The first kappa shape index (κ1) is 20.3. The molecule has 4 rings (SSSR count). The van der Waals surface area contributed by atoms with Crippen molar-refractivity contribution in [1.29, 1.82) is 0 Å². The van der Waals surface area contributed by atoms with E-state index in [0.29, 0.717) is 31.7 Å². The number of amides is 1. The number of aromatic nitrogens is 2. The Morgan fingerprint density at radius 2 is 1.63 bits per heavy atom. The topological polar surface area (TPSA) is 41.4 Å². The van der Waals surface area contributed by atoms with E-state index in [1.165, 1.54) is 6.07 Å². The van der Waals surface area contributed by atoms with Crippen molar-refractivity contribution in [2.45, 2.75) is 26.9 Å². The van der Waals surface area contributed by atoms with E-state index < -0.39 is 0 Å². The first-order chi connectivity index (χ1) is 14.5. The lowest BCUT2D eigenvalue weighted by Gasteiger charge is -2.34. The predicted molar refractivity (Wildman–Crippen MR) is 115 cm³/mol. The van der Waals surface area contributed by atoms with Crippen LogP contribution in [0.25, 0.3) is 0 Å². The molecule has 0 unspecified atom stereocenters. The van der Waals surface area contributed by atoms with Gasteiger partial charge in [0.1, 0.15) is 5.82 Å². The molecule has 6 heteroatoms. The molecule has 2 heterocycles. The number of carbonyl (C=O) groups is 1. The summed E-state index contributed by atoms with van der Waals surface area (Å²) in [6, 6.07) is 16.6. The number of piperazine rings is 1. The second kappa shape index (κ2) is 8.79. The second-order valence-corrected chi connectivity index (χ2v) is 7.98. The summed E-state index contributed by atoms with van der Waals surface area (Å²) in [6.07, 6.45) is 0. The first-order valence-corrected chi connectivity index (χ1v) is 10.3. The maximum atomic E-state index is 13.4. The van der Waals surface area contributed by atoms with Gasteiger partial charge in [0.15, 0.2) is 0 Å². The number of hydrogen-bond donors (Lipinski definition) is 0. The molecule has 1 fully saturated rings. The second-order valence-electron chi connectivity index (χ2n) is 7.98. The summed E-state index contributed by atoms with van der Waals surface area (Å²) < 4.78 is 15.4. The van der Waals surface area contributed by atoms with Crippen LogP contribution in [0.5, 0.6) is 0 Å². The van der Waals surface area contributed by atoms with Crippen LogP contribution in [-0.2, 0) is 13.1 Å². The molecule has 3 aromatic rings. The monoisotopic (exact) mass is 406 g/mol. The van der Waals surface area contributed by atoms with Crippen molar-refractivity contribution in [2.75, 3.05) is 26.2 Å². The molecule has 1 amide bonds. The Kier molecular flexibility index (Phi) is 5.95. The highest BCUT2D eigenvalue weighted by Gasteiger charge is 2.22. The third-order valence-corrected chi connectivity index (χ3v) is 5.56. The molecule has 0 atom stereocenters. The molecule has 1 aliphatic rings. The lowest BCUT2D eigenvalue weighted by Crippen LogP contribution is -2.48. The Morgan fingerprint density at radius 1 is 0.933 bits per heavy atom. The van der Waals surface area contributed by atoms with Gasteiger partial charge in [0.05, 0.1) is 12.2 Å². The van der Waals surface area contributed by atoms with E-state index in [4.69, 9.17) is 0 Å². The van der Waals surface area contributed by atoms with Gasteiger partial charge in [-0.15, -0.1) is 0 Å². The van der Waals surface area contributed by atoms with Crippen LogP contribution in [-0.4, -0.2) is 51.7 Å². The van der Waals surface area contributed by atoms with E-state index in [0.717, 1.165) is 35.6 Å². The number of nitrogens with zero attached hydrogens (tertiary/aromatic N) is 4. The fraction of sp³-hybridized carbons (Fsp3) is 0.333. The van der Waals surface area contributed by atoms with Crippen molar-refractivity contribution in [1.82, 2.24) is 19.6 Å². The zero-order valence-electron chi connectivity index (χ0n) is 17.5. The van der Waals surface area contributed by atoms with Gasteiger partial charge in [-0.25, -0.2) is 4.39 Å². The van der Waals surface area contributed by atoms with Gasteiger partial charge in [-0.05, 0) is 55.3 Å². The minimum absolute atomic E-state index is 0.0654. The molecule has 1 aromatic heterocycles. The van der Waals surface area contributed by atoms with Crippen molar-refractivity contribution in [3.63, 3.8) is 0 Å². The van der Waals surface area contributed by atoms with Gasteiger partial charge in [0.25, 0.3) is 5.91 Å². The van der Waals surface area contributed by atoms with Gasteiger partial charge in [-0.2, -0.15) is 5.10 Å². The van der Waals surface area contributed by atoms with E-state index in [2.05, 4.69) is 16.1 Å². The minimum atomic E-state index is -0.207. The van der Waals surface area contributed by atoms with Crippen LogP contribution in [0.15, 0.2) is 54.6 Å². The average Bonchev–Trinajstić information content (AvgIpc) is 3.05. The molecule has 0 N–H and O–H groups in total. The van der Waals surface area contributed by atoms with Crippen LogP contribution in [0.4, 0.5) is 4.39 Å². The molecule has 30 heavy (non-hydrogen) atoms. The van der Waals surface area contributed by atoms with Crippen molar-refractivity contribution in [3.8, 4) is 0 Å². The molecular weight excluding hydrogens is 379 g/mol. The molecule has 1 aliphatic heterocycles. The van der Waals surface area contributed by atoms with Crippen LogP contribution >= 0.6 is 0 Å². The summed E-state index contributed by atoms with van der Waals surface area (Å²) in [7, 11) is 0. The summed E-state index contributed by atoms with van der Waals surface area (Å²) >= 11 is 0. The van der Waals surface area contributed by atoms with Crippen molar-refractivity contribution < 1.29 is 9.18 Å². The van der Waals surface area contributed by atoms with Crippen LogP contribution < -0.4 is 0 Å². The molecular formula is C24H27FN4O. The van der Waals surface area contributed by atoms with Gasteiger partial charge in [-0.3, -0.25) is 14.4 Å². The maximum absolute atomic E-state index is 13.4.